The Hall–Kier alpha value is -1.36. The first-order chi connectivity index (χ1) is 8.96. The third kappa shape index (κ3) is 5.87. The van der Waals surface area contributed by atoms with Gasteiger partial charge in [0.1, 0.15) is 6.54 Å². The molecule has 0 saturated heterocycles. The molecule has 1 rings (SSSR count). The van der Waals surface area contributed by atoms with Gasteiger partial charge in [-0.05, 0) is 33.2 Å². The number of hydrogen-bond acceptors (Lipinski definition) is 3. The zero-order valence-electron chi connectivity index (χ0n) is 12.5. The molecule has 0 saturated carbocycles. The number of hydrogen-bond donors (Lipinski definition) is 2. The molecule has 5 nitrogen and oxygen atoms in total. The molecule has 0 aliphatic carbocycles. The summed E-state index contributed by atoms with van der Waals surface area (Å²) in [7, 11) is 0. The summed E-state index contributed by atoms with van der Waals surface area (Å²) in [5.74, 6) is 0.0253. The molecule has 0 bridgehead atoms. The van der Waals surface area contributed by atoms with Gasteiger partial charge in [-0.1, -0.05) is 13.8 Å². The van der Waals surface area contributed by atoms with Crippen molar-refractivity contribution in [2.75, 3.05) is 6.54 Å². The van der Waals surface area contributed by atoms with Gasteiger partial charge < -0.3 is 15.2 Å². The van der Waals surface area contributed by atoms with E-state index in [1.807, 2.05) is 24.6 Å². The summed E-state index contributed by atoms with van der Waals surface area (Å²) in [5, 5.41) is 6.30. The molecule has 0 spiro atoms. The van der Waals surface area contributed by atoms with E-state index in [0.717, 1.165) is 31.6 Å². The SMILES string of the molecule is CCCNCc1cn(CC(=O)NC(C)(C)CC)cn1. The second kappa shape index (κ2) is 7.28. The lowest BCUT2D eigenvalue weighted by Gasteiger charge is -2.24. The van der Waals surface area contributed by atoms with Crippen LogP contribution in [0.15, 0.2) is 12.5 Å². The molecular formula is C14H26N4O. The van der Waals surface area contributed by atoms with Crippen molar-refractivity contribution in [1.29, 1.82) is 0 Å². The predicted octanol–water partition coefficient (Wildman–Crippen LogP) is 1.69. The first-order valence-electron chi connectivity index (χ1n) is 6.99. The van der Waals surface area contributed by atoms with Gasteiger partial charge >= 0.3 is 0 Å². The molecule has 2 N–H and O–H groups in total. The Kier molecular flexibility index (Phi) is 6.02. The van der Waals surface area contributed by atoms with E-state index in [1.54, 1.807) is 6.33 Å². The average Bonchev–Trinajstić information content (AvgIpc) is 2.76. The minimum absolute atomic E-state index is 0.0253. The van der Waals surface area contributed by atoms with E-state index in [0.29, 0.717) is 6.54 Å². The van der Waals surface area contributed by atoms with Crippen molar-refractivity contribution in [3.05, 3.63) is 18.2 Å². The lowest BCUT2D eigenvalue weighted by Crippen LogP contribution is -2.44. The maximum absolute atomic E-state index is 11.9. The largest absolute Gasteiger partial charge is 0.350 e. The van der Waals surface area contributed by atoms with E-state index in [4.69, 9.17) is 0 Å². The van der Waals surface area contributed by atoms with Crippen LogP contribution in [0, 0.1) is 0 Å². The molecule has 1 amide bonds. The van der Waals surface area contributed by atoms with Crippen LogP contribution in [0.1, 0.15) is 46.2 Å². The van der Waals surface area contributed by atoms with Gasteiger partial charge in [0.2, 0.25) is 5.91 Å². The van der Waals surface area contributed by atoms with Crippen LogP contribution in [0.4, 0.5) is 0 Å². The lowest BCUT2D eigenvalue weighted by atomic mass is 10.0. The Morgan fingerprint density at radius 1 is 1.42 bits per heavy atom. The highest BCUT2D eigenvalue weighted by molar-refractivity contribution is 5.76. The molecule has 1 aromatic heterocycles. The number of nitrogens with zero attached hydrogens (tertiary/aromatic N) is 2. The summed E-state index contributed by atoms with van der Waals surface area (Å²) in [6.45, 7) is 10.3. The number of carbonyl (C=O) groups excluding carboxylic acids is 1. The van der Waals surface area contributed by atoms with Gasteiger partial charge in [-0.25, -0.2) is 4.98 Å². The molecule has 0 aromatic carbocycles. The normalized spacial score (nSPS) is 11.6. The van der Waals surface area contributed by atoms with Crippen LogP contribution in [0.25, 0.3) is 0 Å². The average molecular weight is 266 g/mol. The quantitative estimate of drug-likeness (QED) is 0.704. The fraction of sp³-hybridized carbons (Fsp3) is 0.714. The molecule has 0 fully saturated rings. The van der Waals surface area contributed by atoms with Crippen molar-refractivity contribution in [3.63, 3.8) is 0 Å². The highest BCUT2D eigenvalue weighted by atomic mass is 16.2. The molecule has 0 unspecified atom stereocenters. The van der Waals surface area contributed by atoms with Crippen LogP contribution in [-0.4, -0.2) is 27.5 Å². The number of amides is 1. The van der Waals surface area contributed by atoms with Crippen LogP contribution in [0.5, 0.6) is 0 Å². The molecule has 1 heterocycles. The molecule has 0 aliphatic heterocycles. The van der Waals surface area contributed by atoms with E-state index in [2.05, 4.69) is 29.5 Å². The number of imidazole rings is 1. The third-order valence-corrected chi connectivity index (χ3v) is 3.11. The highest BCUT2D eigenvalue weighted by Crippen LogP contribution is 2.06. The number of rotatable bonds is 8. The van der Waals surface area contributed by atoms with E-state index >= 15 is 0 Å². The van der Waals surface area contributed by atoms with Crippen LogP contribution in [-0.2, 0) is 17.9 Å². The third-order valence-electron chi connectivity index (χ3n) is 3.11. The second-order valence-corrected chi connectivity index (χ2v) is 5.50. The molecule has 19 heavy (non-hydrogen) atoms. The van der Waals surface area contributed by atoms with Crippen molar-refractivity contribution in [2.24, 2.45) is 0 Å². The van der Waals surface area contributed by atoms with E-state index < -0.39 is 0 Å². The summed E-state index contributed by atoms with van der Waals surface area (Å²) < 4.78 is 1.82. The summed E-state index contributed by atoms with van der Waals surface area (Å²) in [4.78, 5) is 16.2. The Bertz CT molecular complexity index is 398. The fourth-order valence-corrected chi connectivity index (χ4v) is 1.65. The van der Waals surface area contributed by atoms with Gasteiger partial charge in [-0.3, -0.25) is 4.79 Å². The first kappa shape index (κ1) is 15.7. The van der Waals surface area contributed by atoms with E-state index in [1.165, 1.54) is 0 Å². The van der Waals surface area contributed by atoms with Crippen LogP contribution in [0.3, 0.4) is 0 Å². The summed E-state index contributed by atoms with van der Waals surface area (Å²) in [6, 6.07) is 0. The van der Waals surface area contributed by atoms with Crippen molar-refractivity contribution in [2.45, 2.75) is 59.2 Å². The maximum Gasteiger partial charge on any atom is 0.240 e. The maximum atomic E-state index is 11.9. The standard InChI is InChI=1S/C14H26N4O/c1-5-7-15-8-12-9-18(11-16-12)10-13(19)17-14(3,4)6-2/h9,11,15H,5-8,10H2,1-4H3,(H,17,19). The Balaban J connectivity index is 2.42. The van der Waals surface area contributed by atoms with Crippen molar-refractivity contribution in [1.82, 2.24) is 20.2 Å². The van der Waals surface area contributed by atoms with Crippen molar-refractivity contribution < 1.29 is 4.79 Å². The predicted molar refractivity (Wildman–Crippen MR) is 76.7 cm³/mol. The number of aromatic nitrogens is 2. The Morgan fingerprint density at radius 3 is 2.79 bits per heavy atom. The molecule has 0 aliphatic rings. The van der Waals surface area contributed by atoms with Gasteiger partial charge in [0.25, 0.3) is 0 Å². The molecule has 0 radical (unpaired) electrons. The van der Waals surface area contributed by atoms with Gasteiger partial charge in [0.15, 0.2) is 0 Å². The zero-order valence-corrected chi connectivity index (χ0v) is 12.5. The van der Waals surface area contributed by atoms with Gasteiger partial charge in [-0.2, -0.15) is 0 Å². The summed E-state index contributed by atoms with van der Waals surface area (Å²) >= 11 is 0. The second-order valence-electron chi connectivity index (χ2n) is 5.50. The monoisotopic (exact) mass is 266 g/mol. The summed E-state index contributed by atoms with van der Waals surface area (Å²) in [6.07, 6.45) is 5.65. The minimum Gasteiger partial charge on any atom is -0.350 e. The van der Waals surface area contributed by atoms with E-state index in [-0.39, 0.29) is 11.4 Å². The highest BCUT2D eigenvalue weighted by Gasteiger charge is 2.17. The van der Waals surface area contributed by atoms with E-state index in [9.17, 15) is 4.79 Å². The van der Waals surface area contributed by atoms with Crippen LogP contribution >= 0.6 is 0 Å². The van der Waals surface area contributed by atoms with Crippen molar-refractivity contribution >= 4 is 5.91 Å². The molecule has 0 atom stereocenters. The Morgan fingerprint density at radius 2 is 2.16 bits per heavy atom. The Labute approximate surface area is 115 Å². The summed E-state index contributed by atoms with van der Waals surface area (Å²) in [5.41, 5.74) is 0.819. The smallest absolute Gasteiger partial charge is 0.240 e. The van der Waals surface area contributed by atoms with Gasteiger partial charge in [0.05, 0.1) is 12.0 Å². The first-order valence-corrected chi connectivity index (χ1v) is 6.99. The van der Waals surface area contributed by atoms with Gasteiger partial charge in [-0.15, -0.1) is 0 Å². The number of carbonyl (C=O) groups is 1. The minimum atomic E-state index is -0.150. The van der Waals surface area contributed by atoms with Crippen LogP contribution < -0.4 is 10.6 Å². The lowest BCUT2D eigenvalue weighted by molar-refractivity contribution is -0.123. The number of nitrogens with one attached hydrogen (secondary N) is 2. The van der Waals surface area contributed by atoms with Gasteiger partial charge in [0, 0.05) is 18.3 Å². The molecule has 1 aromatic rings. The van der Waals surface area contributed by atoms with Crippen molar-refractivity contribution in [3.8, 4) is 0 Å². The zero-order chi connectivity index (χ0) is 14.3. The van der Waals surface area contributed by atoms with Crippen LogP contribution in [0.2, 0.25) is 0 Å². The molecule has 5 heteroatoms. The topological polar surface area (TPSA) is 59.0 Å². The fourth-order valence-electron chi connectivity index (χ4n) is 1.65. The molecule has 108 valence electrons. The molecular weight excluding hydrogens is 240 g/mol.